The van der Waals surface area contributed by atoms with Gasteiger partial charge in [-0.1, -0.05) is 13.8 Å². The molecule has 1 fully saturated rings. The number of hydrogen-bond acceptors (Lipinski definition) is 4. The van der Waals surface area contributed by atoms with Crippen LogP contribution in [0.5, 0.6) is 0 Å². The summed E-state index contributed by atoms with van der Waals surface area (Å²) in [7, 11) is 1.74. The molecule has 0 bridgehead atoms. The maximum Gasteiger partial charge on any atom is 0.410 e. The van der Waals surface area contributed by atoms with Crippen LogP contribution in [0.15, 0.2) is 0 Å². The number of hydrogen-bond donors (Lipinski definition) is 1. The van der Waals surface area contributed by atoms with Crippen molar-refractivity contribution in [1.82, 2.24) is 9.80 Å². The van der Waals surface area contributed by atoms with E-state index in [1.54, 1.807) is 11.9 Å². The minimum absolute atomic E-state index is 0.0182. The zero-order valence-electron chi connectivity index (χ0n) is 15.5. The summed E-state index contributed by atoms with van der Waals surface area (Å²) in [4.78, 5) is 27.9. The molecule has 0 saturated carbocycles. The molecule has 0 aromatic heterocycles. The van der Waals surface area contributed by atoms with Crippen LogP contribution < -0.4 is 5.73 Å². The average molecular weight is 327 g/mol. The Bertz CT molecular complexity index is 418. The highest BCUT2D eigenvalue weighted by Crippen LogP contribution is 2.20. The Morgan fingerprint density at radius 1 is 1.35 bits per heavy atom. The number of carbonyl (C=O) groups excluding carboxylic acids is 2. The van der Waals surface area contributed by atoms with Crippen LogP contribution in [0, 0.1) is 11.8 Å². The maximum absolute atomic E-state index is 12.4. The summed E-state index contributed by atoms with van der Waals surface area (Å²) in [6, 6.07) is -0.447. The molecule has 0 aromatic carbocycles. The molecule has 2 N–H and O–H groups in total. The Morgan fingerprint density at radius 3 is 2.48 bits per heavy atom. The largest absolute Gasteiger partial charge is 0.444 e. The Labute approximate surface area is 140 Å². The SMILES string of the molecule is CC(C)[C@H](N)C(=O)N1CCC[C@@H](CN(C)C(=O)OC(C)(C)C)C1. The van der Waals surface area contributed by atoms with E-state index in [0.29, 0.717) is 13.1 Å². The van der Waals surface area contributed by atoms with Gasteiger partial charge in [0.15, 0.2) is 0 Å². The molecular formula is C17H33N3O3. The van der Waals surface area contributed by atoms with Gasteiger partial charge in [0, 0.05) is 26.7 Å². The summed E-state index contributed by atoms with van der Waals surface area (Å²) >= 11 is 0. The highest BCUT2D eigenvalue weighted by molar-refractivity contribution is 5.82. The molecule has 1 rings (SSSR count). The lowest BCUT2D eigenvalue weighted by molar-refractivity contribution is -0.135. The molecule has 2 atom stereocenters. The fourth-order valence-corrected chi connectivity index (χ4v) is 2.71. The maximum atomic E-state index is 12.4. The Kier molecular flexibility index (Phi) is 6.86. The van der Waals surface area contributed by atoms with Gasteiger partial charge in [-0.3, -0.25) is 4.79 Å². The molecule has 0 radical (unpaired) electrons. The molecule has 0 unspecified atom stereocenters. The van der Waals surface area contributed by atoms with Crippen molar-refractivity contribution in [3.63, 3.8) is 0 Å². The number of ether oxygens (including phenoxy) is 1. The molecular weight excluding hydrogens is 294 g/mol. The fraction of sp³-hybridized carbons (Fsp3) is 0.882. The summed E-state index contributed by atoms with van der Waals surface area (Å²) < 4.78 is 5.37. The van der Waals surface area contributed by atoms with Gasteiger partial charge in [0.25, 0.3) is 0 Å². The van der Waals surface area contributed by atoms with Crippen LogP contribution in [0.25, 0.3) is 0 Å². The molecule has 0 spiro atoms. The highest BCUT2D eigenvalue weighted by Gasteiger charge is 2.30. The van der Waals surface area contributed by atoms with Crippen molar-refractivity contribution in [3.05, 3.63) is 0 Å². The fourth-order valence-electron chi connectivity index (χ4n) is 2.71. The van der Waals surface area contributed by atoms with Crippen molar-refractivity contribution >= 4 is 12.0 Å². The zero-order valence-corrected chi connectivity index (χ0v) is 15.5. The van der Waals surface area contributed by atoms with Crippen LogP contribution in [0.3, 0.4) is 0 Å². The van der Waals surface area contributed by atoms with Crippen molar-refractivity contribution in [1.29, 1.82) is 0 Å². The molecule has 0 aromatic rings. The molecule has 0 aliphatic carbocycles. The van der Waals surface area contributed by atoms with Crippen LogP contribution in [0.1, 0.15) is 47.5 Å². The van der Waals surface area contributed by atoms with Gasteiger partial charge < -0.3 is 20.3 Å². The lowest BCUT2D eigenvalue weighted by Gasteiger charge is -2.36. The number of amides is 2. The van der Waals surface area contributed by atoms with Crippen molar-refractivity contribution < 1.29 is 14.3 Å². The molecule has 23 heavy (non-hydrogen) atoms. The monoisotopic (exact) mass is 327 g/mol. The van der Waals surface area contributed by atoms with Crippen LogP contribution in [-0.4, -0.2) is 60.1 Å². The van der Waals surface area contributed by atoms with E-state index in [0.717, 1.165) is 19.4 Å². The Hall–Kier alpha value is -1.30. The predicted octanol–water partition coefficient (Wildman–Crippen LogP) is 2.08. The second-order valence-corrected chi connectivity index (χ2v) is 7.92. The van der Waals surface area contributed by atoms with Gasteiger partial charge >= 0.3 is 6.09 Å². The molecule has 6 nitrogen and oxygen atoms in total. The van der Waals surface area contributed by atoms with Crippen LogP contribution in [0.2, 0.25) is 0 Å². The molecule has 1 saturated heterocycles. The highest BCUT2D eigenvalue weighted by atomic mass is 16.6. The van der Waals surface area contributed by atoms with Crippen molar-refractivity contribution in [2.75, 3.05) is 26.7 Å². The third-order valence-electron chi connectivity index (χ3n) is 4.07. The average Bonchev–Trinajstić information content (AvgIpc) is 2.44. The quantitative estimate of drug-likeness (QED) is 0.857. The normalized spacial score (nSPS) is 20.3. The van der Waals surface area contributed by atoms with Crippen molar-refractivity contribution in [2.24, 2.45) is 17.6 Å². The van der Waals surface area contributed by atoms with E-state index in [1.807, 2.05) is 39.5 Å². The first-order valence-corrected chi connectivity index (χ1v) is 8.49. The van der Waals surface area contributed by atoms with Gasteiger partial charge in [0.2, 0.25) is 5.91 Å². The minimum Gasteiger partial charge on any atom is -0.444 e. The molecule has 1 aliphatic rings. The molecule has 6 heteroatoms. The number of rotatable bonds is 4. The first-order valence-electron chi connectivity index (χ1n) is 8.49. The summed E-state index contributed by atoms with van der Waals surface area (Å²) in [5.74, 6) is 0.418. The molecule has 134 valence electrons. The van der Waals surface area contributed by atoms with Gasteiger partial charge in [-0.25, -0.2) is 4.79 Å². The summed E-state index contributed by atoms with van der Waals surface area (Å²) in [6.45, 7) is 11.5. The lowest BCUT2D eigenvalue weighted by Crippen LogP contribution is -2.51. The number of piperidine rings is 1. The second kappa shape index (κ2) is 7.99. The number of likely N-dealkylation sites (tertiary alicyclic amines) is 1. The van der Waals surface area contributed by atoms with Gasteiger partial charge in [0.05, 0.1) is 6.04 Å². The van der Waals surface area contributed by atoms with E-state index < -0.39 is 11.6 Å². The topological polar surface area (TPSA) is 75.9 Å². The number of nitrogens with two attached hydrogens (primary N) is 1. The second-order valence-electron chi connectivity index (χ2n) is 7.92. The molecule has 1 aliphatic heterocycles. The van der Waals surface area contributed by atoms with E-state index in [9.17, 15) is 9.59 Å². The molecule has 2 amide bonds. The van der Waals surface area contributed by atoms with E-state index in [1.165, 1.54) is 0 Å². The van der Waals surface area contributed by atoms with E-state index in [4.69, 9.17) is 10.5 Å². The van der Waals surface area contributed by atoms with Crippen molar-refractivity contribution in [2.45, 2.75) is 59.1 Å². The lowest BCUT2D eigenvalue weighted by atomic mass is 9.95. The van der Waals surface area contributed by atoms with Crippen LogP contribution in [0.4, 0.5) is 4.79 Å². The van der Waals surface area contributed by atoms with E-state index in [-0.39, 0.29) is 23.8 Å². The first kappa shape index (κ1) is 19.7. The van der Waals surface area contributed by atoms with Crippen LogP contribution in [-0.2, 0) is 9.53 Å². The smallest absolute Gasteiger partial charge is 0.410 e. The first-order chi connectivity index (χ1) is 10.5. The van der Waals surface area contributed by atoms with Crippen LogP contribution >= 0.6 is 0 Å². The third-order valence-corrected chi connectivity index (χ3v) is 4.07. The minimum atomic E-state index is -0.496. The third kappa shape index (κ3) is 6.37. The van der Waals surface area contributed by atoms with Crippen molar-refractivity contribution in [3.8, 4) is 0 Å². The van der Waals surface area contributed by atoms with Gasteiger partial charge in [-0.15, -0.1) is 0 Å². The summed E-state index contributed by atoms with van der Waals surface area (Å²) in [5, 5.41) is 0. The Morgan fingerprint density at radius 2 is 1.96 bits per heavy atom. The van der Waals surface area contributed by atoms with Gasteiger partial charge in [-0.05, 0) is 45.4 Å². The number of carbonyl (C=O) groups is 2. The summed E-state index contributed by atoms with van der Waals surface area (Å²) in [6.07, 6.45) is 1.64. The predicted molar refractivity (Wildman–Crippen MR) is 91.0 cm³/mol. The summed E-state index contributed by atoms with van der Waals surface area (Å²) in [5.41, 5.74) is 5.48. The van der Waals surface area contributed by atoms with Gasteiger partial charge in [-0.2, -0.15) is 0 Å². The van der Waals surface area contributed by atoms with E-state index in [2.05, 4.69) is 0 Å². The molecule has 1 heterocycles. The Balaban J connectivity index is 2.55. The standard InChI is InChI=1S/C17H33N3O3/c1-12(2)14(18)15(21)20-9-7-8-13(11-20)10-19(6)16(22)23-17(3,4)5/h12-14H,7-11,18H2,1-6H3/t13-,14-/m0/s1. The van der Waals surface area contributed by atoms with E-state index >= 15 is 0 Å². The van der Waals surface area contributed by atoms with Gasteiger partial charge in [0.1, 0.15) is 5.60 Å². The zero-order chi connectivity index (χ0) is 17.8. The number of nitrogens with zero attached hydrogens (tertiary/aromatic N) is 2.